The van der Waals surface area contributed by atoms with Crippen molar-refractivity contribution in [2.24, 2.45) is 18.2 Å². The van der Waals surface area contributed by atoms with Gasteiger partial charge in [-0.1, -0.05) is 12.8 Å². The van der Waals surface area contributed by atoms with Gasteiger partial charge in [-0.05, 0) is 32.7 Å². The fourth-order valence-electron chi connectivity index (χ4n) is 4.10. The third kappa shape index (κ3) is 3.05. The summed E-state index contributed by atoms with van der Waals surface area (Å²) < 4.78 is 2.13. The van der Waals surface area contributed by atoms with E-state index in [0.29, 0.717) is 18.6 Å². The molecule has 0 bridgehead atoms. The molecule has 0 aromatic carbocycles. The molecule has 124 valence electrons. The van der Waals surface area contributed by atoms with Crippen molar-refractivity contribution in [3.05, 3.63) is 11.6 Å². The van der Waals surface area contributed by atoms with Crippen molar-refractivity contribution in [1.82, 2.24) is 19.7 Å². The first-order chi connectivity index (χ1) is 10.5. The van der Waals surface area contributed by atoms with E-state index in [9.17, 15) is 5.11 Å². The van der Waals surface area contributed by atoms with E-state index in [-0.39, 0.29) is 5.41 Å². The molecule has 1 aromatic heterocycles. The number of hydrogen-bond donors (Lipinski definition) is 2. The minimum Gasteiger partial charge on any atom is -0.396 e. The molecule has 0 unspecified atom stereocenters. The Morgan fingerprint density at radius 3 is 2.59 bits per heavy atom. The second-order valence-corrected chi connectivity index (χ2v) is 7.50. The van der Waals surface area contributed by atoms with Crippen LogP contribution in [0.25, 0.3) is 0 Å². The second-order valence-electron chi connectivity index (χ2n) is 7.50. The molecule has 1 aromatic rings. The number of nitrogens with zero attached hydrogens (tertiary/aromatic N) is 4. The molecule has 0 saturated heterocycles. The first-order valence-corrected chi connectivity index (χ1v) is 8.46. The minimum atomic E-state index is 0.0942. The van der Waals surface area contributed by atoms with E-state index >= 15 is 0 Å². The van der Waals surface area contributed by atoms with Crippen molar-refractivity contribution < 1.29 is 5.11 Å². The van der Waals surface area contributed by atoms with Crippen molar-refractivity contribution in [1.29, 1.82) is 0 Å². The van der Waals surface area contributed by atoms with Gasteiger partial charge in [0.05, 0.1) is 6.54 Å². The van der Waals surface area contributed by atoms with Crippen molar-refractivity contribution in [3.63, 3.8) is 0 Å². The lowest BCUT2D eigenvalue weighted by Gasteiger charge is -2.32. The minimum absolute atomic E-state index is 0.0942. The number of aliphatic hydroxyl groups excluding tert-OH is 1. The van der Waals surface area contributed by atoms with Crippen LogP contribution in [0.1, 0.15) is 56.1 Å². The summed E-state index contributed by atoms with van der Waals surface area (Å²) in [5.41, 5.74) is 5.97. The molecule has 22 heavy (non-hydrogen) atoms. The predicted octanol–water partition coefficient (Wildman–Crippen LogP) is 1.00. The average molecular weight is 307 g/mol. The molecule has 2 aliphatic rings. The Labute approximate surface area is 132 Å². The zero-order valence-corrected chi connectivity index (χ0v) is 13.8. The average Bonchev–Trinajstić information content (AvgIpc) is 3.05. The van der Waals surface area contributed by atoms with Gasteiger partial charge in [-0.25, -0.2) is 0 Å². The van der Waals surface area contributed by atoms with Crippen LogP contribution in [0.5, 0.6) is 0 Å². The SMILES string of the molecule is CN(Cc1nnc(C2CC(N)C2)n1C)CC1(CO)CCCC1. The number of aliphatic hydroxyl groups is 1. The summed E-state index contributed by atoms with van der Waals surface area (Å²) in [4.78, 5) is 2.28. The van der Waals surface area contributed by atoms with Crippen molar-refractivity contribution in [2.45, 2.75) is 57.0 Å². The number of rotatable bonds is 6. The molecule has 0 radical (unpaired) electrons. The summed E-state index contributed by atoms with van der Waals surface area (Å²) in [6, 6.07) is 0.333. The predicted molar refractivity (Wildman–Crippen MR) is 85.3 cm³/mol. The van der Waals surface area contributed by atoms with Gasteiger partial charge in [-0.15, -0.1) is 10.2 Å². The molecule has 0 amide bonds. The maximum Gasteiger partial charge on any atom is 0.146 e. The third-order valence-electron chi connectivity index (χ3n) is 5.55. The molecule has 6 heteroatoms. The Morgan fingerprint density at radius 2 is 2.00 bits per heavy atom. The standard InChI is InChI=1S/C16H29N5O/c1-20(10-16(11-22)5-3-4-6-16)9-14-18-19-15(21(14)2)12-7-13(17)8-12/h12-13,22H,3-11,17H2,1-2H3. The van der Waals surface area contributed by atoms with Crippen LogP contribution in [0.3, 0.4) is 0 Å². The van der Waals surface area contributed by atoms with Gasteiger partial charge in [0.25, 0.3) is 0 Å². The Kier molecular flexibility index (Phi) is 4.52. The lowest BCUT2D eigenvalue weighted by atomic mass is 9.80. The molecule has 3 N–H and O–H groups in total. The van der Waals surface area contributed by atoms with Gasteiger partial charge < -0.3 is 15.4 Å². The van der Waals surface area contributed by atoms with Gasteiger partial charge in [-0.2, -0.15) is 0 Å². The monoisotopic (exact) mass is 307 g/mol. The van der Waals surface area contributed by atoms with Crippen LogP contribution in [-0.4, -0.2) is 51.0 Å². The van der Waals surface area contributed by atoms with Crippen LogP contribution < -0.4 is 5.73 Å². The fraction of sp³-hybridized carbons (Fsp3) is 0.875. The van der Waals surface area contributed by atoms with E-state index in [4.69, 9.17) is 5.73 Å². The normalized spacial score (nSPS) is 27.3. The van der Waals surface area contributed by atoms with Gasteiger partial charge in [-0.3, -0.25) is 4.90 Å². The highest BCUT2D eigenvalue weighted by Crippen LogP contribution is 2.38. The molecule has 0 spiro atoms. The second kappa shape index (κ2) is 6.26. The lowest BCUT2D eigenvalue weighted by molar-refractivity contribution is 0.0850. The highest BCUT2D eigenvalue weighted by atomic mass is 16.3. The van der Waals surface area contributed by atoms with E-state index in [1.807, 2.05) is 0 Å². The lowest BCUT2D eigenvalue weighted by Crippen LogP contribution is -2.37. The number of aromatic nitrogens is 3. The molecule has 2 fully saturated rings. The maximum absolute atomic E-state index is 9.76. The molecule has 0 atom stereocenters. The summed E-state index contributed by atoms with van der Waals surface area (Å²) in [6.45, 7) is 2.01. The molecular formula is C16H29N5O. The van der Waals surface area contributed by atoms with Gasteiger partial charge in [0, 0.05) is 37.6 Å². The van der Waals surface area contributed by atoms with Gasteiger partial charge >= 0.3 is 0 Å². The Bertz CT molecular complexity index is 503. The Morgan fingerprint density at radius 1 is 1.32 bits per heavy atom. The largest absolute Gasteiger partial charge is 0.396 e. The van der Waals surface area contributed by atoms with Crippen LogP contribution >= 0.6 is 0 Å². The molecule has 1 heterocycles. The Balaban J connectivity index is 1.61. The van der Waals surface area contributed by atoms with Crippen LogP contribution in [0.15, 0.2) is 0 Å². The van der Waals surface area contributed by atoms with Gasteiger partial charge in [0.2, 0.25) is 0 Å². The zero-order valence-electron chi connectivity index (χ0n) is 13.8. The maximum atomic E-state index is 9.76. The van der Waals surface area contributed by atoms with E-state index < -0.39 is 0 Å². The van der Waals surface area contributed by atoms with Crippen LogP contribution in [0, 0.1) is 5.41 Å². The first-order valence-electron chi connectivity index (χ1n) is 8.46. The Hall–Kier alpha value is -0.980. The molecule has 3 rings (SSSR count). The van der Waals surface area contributed by atoms with E-state index in [2.05, 4.69) is 33.8 Å². The van der Waals surface area contributed by atoms with Crippen LogP contribution in [0.2, 0.25) is 0 Å². The summed E-state index contributed by atoms with van der Waals surface area (Å²) in [5, 5.41) is 18.5. The molecule has 2 saturated carbocycles. The van der Waals surface area contributed by atoms with Gasteiger partial charge in [0.15, 0.2) is 0 Å². The zero-order chi connectivity index (χ0) is 15.7. The summed E-state index contributed by atoms with van der Waals surface area (Å²) in [6.07, 6.45) is 6.80. The van der Waals surface area contributed by atoms with E-state index in [0.717, 1.165) is 50.4 Å². The molecular weight excluding hydrogens is 278 g/mol. The quantitative estimate of drug-likeness (QED) is 0.820. The summed E-state index contributed by atoms with van der Waals surface area (Å²) in [5.74, 6) is 2.55. The summed E-state index contributed by atoms with van der Waals surface area (Å²) in [7, 11) is 4.17. The van der Waals surface area contributed by atoms with Crippen molar-refractivity contribution in [2.75, 3.05) is 20.2 Å². The first kappa shape index (κ1) is 15.9. The highest BCUT2D eigenvalue weighted by molar-refractivity contribution is 5.08. The van der Waals surface area contributed by atoms with E-state index in [1.165, 1.54) is 12.8 Å². The number of hydrogen-bond acceptors (Lipinski definition) is 5. The number of nitrogens with two attached hydrogens (primary N) is 1. The van der Waals surface area contributed by atoms with Crippen molar-refractivity contribution >= 4 is 0 Å². The van der Waals surface area contributed by atoms with Crippen molar-refractivity contribution in [3.8, 4) is 0 Å². The highest BCUT2D eigenvalue weighted by Gasteiger charge is 2.35. The topological polar surface area (TPSA) is 80.2 Å². The van der Waals surface area contributed by atoms with E-state index in [1.54, 1.807) is 0 Å². The molecule has 0 aliphatic heterocycles. The fourth-order valence-corrected chi connectivity index (χ4v) is 4.10. The molecule has 2 aliphatic carbocycles. The van der Waals surface area contributed by atoms with Gasteiger partial charge in [0.1, 0.15) is 11.6 Å². The smallest absolute Gasteiger partial charge is 0.146 e. The summed E-state index contributed by atoms with van der Waals surface area (Å²) >= 11 is 0. The molecule has 6 nitrogen and oxygen atoms in total. The van der Waals surface area contributed by atoms with Crippen LogP contribution in [-0.2, 0) is 13.6 Å². The third-order valence-corrected chi connectivity index (χ3v) is 5.55. The van der Waals surface area contributed by atoms with Crippen LogP contribution in [0.4, 0.5) is 0 Å².